The average molecular weight is 365 g/mol. The first kappa shape index (κ1) is 20.0. The number of methoxy groups -OCH3 is 3. The summed E-state index contributed by atoms with van der Waals surface area (Å²) in [6.45, 7) is 2.64. The molecule has 0 radical (unpaired) electrons. The molecule has 0 saturated carbocycles. The molecule has 0 unspecified atom stereocenters. The van der Waals surface area contributed by atoms with Gasteiger partial charge in [0.25, 0.3) is 5.91 Å². The van der Waals surface area contributed by atoms with Gasteiger partial charge in [0.1, 0.15) is 0 Å². The molecule has 1 aliphatic rings. The van der Waals surface area contributed by atoms with Crippen LogP contribution in [0.3, 0.4) is 0 Å². The number of carbonyl (C=O) groups excluding carboxylic acids is 2. The van der Waals surface area contributed by atoms with Crippen LogP contribution in [-0.2, 0) is 9.53 Å². The van der Waals surface area contributed by atoms with Gasteiger partial charge in [0, 0.05) is 32.8 Å². The highest BCUT2D eigenvalue weighted by Crippen LogP contribution is 2.34. The minimum absolute atomic E-state index is 0.119. The van der Waals surface area contributed by atoms with Crippen molar-refractivity contribution in [2.45, 2.75) is 12.8 Å². The molecule has 0 aliphatic carbocycles. The first-order valence-electron chi connectivity index (χ1n) is 8.65. The highest BCUT2D eigenvalue weighted by atomic mass is 16.5. The van der Waals surface area contributed by atoms with Gasteiger partial charge in [-0.25, -0.2) is 0 Å². The normalized spacial score (nSPS) is 13.6. The van der Waals surface area contributed by atoms with Gasteiger partial charge in [0.05, 0.1) is 38.6 Å². The smallest absolute Gasteiger partial charge is 0.256 e. The Morgan fingerprint density at radius 3 is 2.35 bits per heavy atom. The van der Waals surface area contributed by atoms with Crippen molar-refractivity contribution >= 4 is 17.5 Å². The average Bonchev–Trinajstić information content (AvgIpc) is 3.19. The Hall–Kier alpha value is -2.32. The Labute approximate surface area is 153 Å². The van der Waals surface area contributed by atoms with Crippen molar-refractivity contribution in [1.82, 2.24) is 10.2 Å². The van der Waals surface area contributed by atoms with E-state index in [1.165, 1.54) is 14.2 Å². The second-order valence-electron chi connectivity index (χ2n) is 5.97. The molecule has 0 aromatic heterocycles. The topological polar surface area (TPSA) is 89.1 Å². The summed E-state index contributed by atoms with van der Waals surface area (Å²) in [5, 5.41) is 5.77. The lowest BCUT2D eigenvalue weighted by atomic mass is 10.1. The lowest BCUT2D eigenvalue weighted by molar-refractivity contribution is -0.115. The van der Waals surface area contributed by atoms with Crippen LogP contribution in [0.4, 0.5) is 5.69 Å². The fourth-order valence-electron chi connectivity index (χ4n) is 2.82. The summed E-state index contributed by atoms with van der Waals surface area (Å²) in [7, 11) is 4.62. The van der Waals surface area contributed by atoms with E-state index in [1.54, 1.807) is 24.1 Å². The third-order valence-corrected chi connectivity index (χ3v) is 4.19. The molecular formula is C18H27N3O5. The van der Waals surface area contributed by atoms with Gasteiger partial charge in [-0.3, -0.25) is 9.59 Å². The summed E-state index contributed by atoms with van der Waals surface area (Å²) in [5.74, 6) is 0.536. The monoisotopic (exact) mass is 365 g/mol. The summed E-state index contributed by atoms with van der Waals surface area (Å²) >= 11 is 0. The van der Waals surface area contributed by atoms with Crippen LogP contribution < -0.4 is 20.1 Å². The van der Waals surface area contributed by atoms with Crippen molar-refractivity contribution in [3.8, 4) is 11.5 Å². The number of anilines is 1. The van der Waals surface area contributed by atoms with Crippen LogP contribution in [0.2, 0.25) is 0 Å². The van der Waals surface area contributed by atoms with Gasteiger partial charge in [-0.15, -0.1) is 0 Å². The molecule has 1 saturated heterocycles. The van der Waals surface area contributed by atoms with E-state index in [0.717, 1.165) is 25.9 Å². The summed E-state index contributed by atoms with van der Waals surface area (Å²) in [5.41, 5.74) is 0.813. The minimum Gasteiger partial charge on any atom is -0.493 e. The molecule has 2 N–H and O–H groups in total. The first-order valence-corrected chi connectivity index (χ1v) is 8.65. The number of ether oxygens (including phenoxy) is 3. The number of rotatable bonds is 9. The Morgan fingerprint density at radius 2 is 1.73 bits per heavy atom. The van der Waals surface area contributed by atoms with Crippen molar-refractivity contribution in [2.24, 2.45) is 0 Å². The molecule has 1 aromatic rings. The van der Waals surface area contributed by atoms with E-state index < -0.39 is 0 Å². The highest BCUT2D eigenvalue weighted by molar-refractivity contribution is 6.05. The molecule has 0 atom stereocenters. The van der Waals surface area contributed by atoms with E-state index in [2.05, 4.69) is 10.6 Å². The summed E-state index contributed by atoms with van der Waals surface area (Å²) in [6.07, 6.45) is 1.98. The van der Waals surface area contributed by atoms with Crippen molar-refractivity contribution < 1.29 is 23.8 Å². The van der Waals surface area contributed by atoms with Gasteiger partial charge in [0.2, 0.25) is 5.91 Å². The maximum atomic E-state index is 12.9. The molecule has 1 fully saturated rings. The summed E-state index contributed by atoms with van der Waals surface area (Å²) < 4.78 is 15.5. The number of benzene rings is 1. The zero-order chi connectivity index (χ0) is 18.9. The van der Waals surface area contributed by atoms with Crippen LogP contribution in [0.15, 0.2) is 12.1 Å². The largest absolute Gasteiger partial charge is 0.493 e. The van der Waals surface area contributed by atoms with E-state index in [-0.39, 0.29) is 18.4 Å². The molecule has 0 bridgehead atoms. The maximum absolute atomic E-state index is 12.9. The number of amides is 2. The first-order chi connectivity index (χ1) is 12.6. The highest BCUT2D eigenvalue weighted by Gasteiger charge is 2.24. The molecule has 144 valence electrons. The van der Waals surface area contributed by atoms with E-state index in [4.69, 9.17) is 14.2 Å². The second-order valence-corrected chi connectivity index (χ2v) is 5.97. The second kappa shape index (κ2) is 9.98. The van der Waals surface area contributed by atoms with Gasteiger partial charge in [-0.2, -0.15) is 0 Å². The predicted molar refractivity (Wildman–Crippen MR) is 98.1 cm³/mol. The van der Waals surface area contributed by atoms with E-state index in [0.29, 0.717) is 35.9 Å². The van der Waals surface area contributed by atoms with Crippen LogP contribution >= 0.6 is 0 Å². The molecule has 1 heterocycles. The van der Waals surface area contributed by atoms with Crippen LogP contribution in [-0.4, -0.2) is 70.8 Å². The number of likely N-dealkylation sites (tertiary alicyclic amines) is 1. The zero-order valence-corrected chi connectivity index (χ0v) is 15.6. The number of nitrogens with one attached hydrogen (secondary N) is 2. The van der Waals surface area contributed by atoms with E-state index in [1.807, 2.05) is 0 Å². The van der Waals surface area contributed by atoms with Crippen molar-refractivity contribution in [3.63, 3.8) is 0 Å². The number of hydrogen-bond acceptors (Lipinski definition) is 6. The van der Waals surface area contributed by atoms with Crippen LogP contribution in [0, 0.1) is 0 Å². The van der Waals surface area contributed by atoms with Crippen LogP contribution in [0.1, 0.15) is 23.2 Å². The Kier molecular flexibility index (Phi) is 7.68. The molecule has 8 nitrogen and oxygen atoms in total. The van der Waals surface area contributed by atoms with Crippen molar-refractivity contribution in [1.29, 1.82) is 0 Å². The van der Waals surface area contributed by atoms with Gasteiger partial charge < -0.3 is 29.7 Å². The molecule has 2 rings (SSSR count). The molecule has 1 aromatic carbocycles. The lowest BCUT2D eigenvalue weighted by Gasteiger charge is -2.20. The van der Waals surface area contributed by atoms with Crippen LogP contribution in [0.25, 0.3) is 0 Å². The fourth-order valence-corrected chi connectivity index (χ4v) is 2.82. The third-order valence-electron chi connectivity index (χ3n) is 4.19. The fraction of sp³-hybridized carbons (Fsp3) is 0.556. The van der Waals surface area contributed by atoms with Crippen molar-refractivity contribution in [2.75, 3.05) is 59.4 Å². The SMILES string of the molecule is COCCNCC(=O)Nc1cc(OC)c(OC)cc1C(=O)N1CCCC1. The quantitative estimate of drug-likeness (QED) is 0.638. The Bertz CT molecular complexity index is 629. The van der Waals surface area contributed by atoms with Crippen molar-refractivity contribution in [3.05, 3.63) is 17.7 Å². The van der Waals surface area contributed by atoms with E-state index >= 15 is 0 Å². The van der Waals surface area contributed by atoms with Gasteiger partial charge >= 0.3 is 0 Å². The standard InChI is InChI=1S/C18H27N3O5/c1-24-9-6-19-12-17(22)20-14-11-16(26-3)15(25-2)10-13(14)18(23)21-7-4-5-8-21/h10-11,19H,4-9,12H2,1-3H3,(H,20,22). The third kappa shape index (κ3) is 5.09. The molecule has 26 heavy (non-hydrogen) atoms. The van der Waals surface area contributed by atoms with Crippen LogP contribution in [0.5, 0.6) is 11.5 Å². The molecular weight excluding hydrogens is 338 g/mol. The van der Waals surface area contributed by atoms with Gasteiger partial charge in [-0.05, 0) is 18.9 Å². The number of nitrogens with zero attached hydrogens (tertiary/aromatic N) is 1. The number of carbonyl (C=O) groups is 2. The molecule has 8 heteroatoms. The Morgan fingerprint density at radius 1 is 1.08 bits per heavy atom. The minimum atomic E-state index is -0.246. The van der Waals surface area contributed by atoms with Gasteiger partial charge in [0.15, 0.2) is 11.5 Å². The molecule has 0 spiro atoms. The summed E-state index contributed by atoms with van der Waals surface area (Å²) in [6, 6.07) is 3.24. The zero-order valence-electron chi connectivity index (χ0n) is 15.6. The Balaban J connectivity index is 2.20. The maximum Gasteiger partial charge on any atom is 0.256 e. The molecule has 2 amide bonds. The summed E-state index contributed by atoms with van der Waals surface area (Å²) in [4.78, 5) is 26.9. The van der Waals surface area contributed by atoms with Gasteiger partial charge in [-0.1, -0.05) is 0 Å². The molecule has 1 aliphatic heterocycles. The predicted octanol–water partition coefficient (Wildman–Crippen LogP) is 1.11. The van der Waals surface area contributed by atoms with E-state index in [9.17, 15) is 9.59 Å². The number of hydrogen-bond donors (Lipinski definition) is 2. The lowest BCUT2D eigenvalue weighted by Crippen LogP contribution is -2.32.